The third-order valence-electron chi connectivity index (χ3n) is 2.51. The van der Waals surface area contributed by atoms with Crippen molar-refractivity contribution in [2.75, 3.05) is 0 Å². The summed E-state index contributed by atoms with van der Waals surface area (Å²) in [6.07, 6.45) is 1.81. The maximum Gasteiger partial charge on any atom is 0.259 e. The molecule has 0 atom stereocenters. The van der Waals surface area contributed by atoms with Crippen LogP contribution >= 0.6 is 15.9 Å². The zero-order chi connectivity index (χ0) is 13.1. The first-order valence-corrected chi connectivity index (χ1v) is 6.34. The molecule has 0 aliphatic rings. The van der Waals surface area contributed by atoms with Crippen LogP contribution in [0.2, 0.25) is 0 Å². The lowest BCUT2D eigenvalue weighted by Crippen LogP contribution is -1.99. The number of aromatic nitrogens is 2. The second-order valence-corrected chi connectivity index (χ2v) is 4.66. The van der Waals surface area contributed by atoms with Crippen LogP contribution in [0.5, 0.6) is 11.6 Å². The fourth-order valence-corrected chi connectivity index (χ4v) is 1.74. The molecule has 1 aromatic carbocycles. The highest BCUT2D eigenvalue weighted by Crippen LogP contribution is 2.27. The highest BCUT2D eigenvalue weighted by Gasteiger charge is 2.12. The van der Waals surface area contributed by atoms with E-state index in [4.69, 9.17) is 4.74 Å². The van der Waals surface area contributed by atoms with Crippen molar-refractivity contribution in [3.8, 4) is 11.6 Å². The van der Waals surface area contributed by atoms with Gasteiger partial charge in [0.15, 0.2) is 0 Å². The molecule has 18 heavy (non-hydrogen) atoms. The summed E-state index contributed by atoms with van der Waals surface area (Å²) in [6, 6.07) is 5.42. The zero-order valence-corrected chi connectivity index (χ0v) is 11.7. The lowest BCUT2D eigenvalue weighted by Gasteiger charge is -2.08. The van der Waals surface area contributed by atoms with Crippen LogP contribution in [-0.4, -0.2) is 9.97 Å². The number of benzene rings is 1. The Morgan fingerprint density at radius 1 is 1.33 bits per heavy atom. The standard InChI is InChI=1S/C13H12BrFN2O/c1-3-11-12(15)13(17-7-16-11)18-9-4-5-10(14)8(2)6-9/h4-7H,3H2,1-2H3. The Labute approximate surface area is 113 Å². The molecular weight excluding hydrogens is 299 g/mol. The molecule has 0 aliphatic carbocycles. The van der Waals surface area contributed by atoms with Crippen LogP contribution in [0, 0.1) is 12.7 Å². The highest BCUT2D eigenvalue weighted by molar-refractivity contribution is 9.10. The number of hydrogen-bond donors (Lipinski definition) is 0. The first kappa shape index (κ1) is 13.0. The summed E-state index contributed by atoms with van der Waals surface area (Å²) < 4.78 is 20.3. The Morgan fingerprint density at radius 2 is 2.11 bits per heavy atom. The van der Waals surface area contributed by atoms with Gasteiger partial charge in [0.05, 0.1) is 5.69 Å². The van der Waals surface area contributed by atoms with Crippen LogP contribution in [-0.2, 0) is 6.42 Å². The number of aryl methyl sites for hydroxylation is 2. The molecule has 2 rings (SSSR count). The molecule has 0 aliphatic heterocycles. The molecule has 1 heterocycles. The van der Waals surface area contributed by atoms with E-state index in [0.29, 0.717) is 17.9 Å². The lowest BCUT2D eigenvalue weighted by molar-refractivity contribution is 0.415. The van der Waals surface area contributed by atoms with Crippen LogP contribution in [0.1, 0.15) is 18.2 Å². The fraction of sp³-hybridized carbons (Fsp3) is 0.231. The predicted molar refractivity (Wildman–Crippen MR) is 70.3 cm³/mol. The molecule has 0 saturated carbocycles. The third-order valence-corrected chi connectivity index (χ3v) is 3.40. The summed E-state index contributed by atoms with van der Waals surface area (Å²) in [4.78, 5) is 7.67. The topological polar surface area (TPSA) is 35.0 Å². The van der Waals surface area contributed by atoms with Gasteiger partial charge in [-0.25, -0.2) is 4.98 Å². The quantitative estimate of drug-likeness (QED) is 0.858. The number of nitrogens with zero attached hydrogens (tertiary/aromatic N) is 2. The summed E-state index contributed by atoms with van der Waals surface area (Å²) in [5.41, 5.74) is 1.37. The van der Waals surface area contributed by atoms with E-state index in [2.05, 4.69) is 25.9 Å². The molecule has 5 heteroatoms. The van der Waals surface area contributed by atoms with Crippen LogP contribution in [0.3, 0.4) is 0 Å². The second kappa shape index (κ2) is 5.44. The molecule has 0 radical (unpaired) electrons. The molecule has 0 spiro atoms. The molecule has 0 bridgehead atoms. The molecule has 0 amide bonds. The summed E-state index contributed by atoms with van der Waals surface area (Å²) >= 11 is 3.40. The van der Waals surface area contributed by atoms with Crippen molar-refractivity contribution in [3.63, 3.8) is 0 Å². The van der Waals surface area contributed by atoms with Gasteiger partial charge < -0.3 is 4.74 Å². The van der Waals surface area contributed by atoms with Crippen molar-refractivity contribution >= 4 is 15.9 Å². The summed E-state index contributed by atoms with van der Waals surface area (Å²) in [5.74, 6) is 0.0134. The van der Waals surface area contributed by atoms with E-state index in [1.54, 1.807) is 6.07 Å². The van der Waals surface area contributed by atoms with E-state index in [1.165, 1.54) is 6.33 Å². The van der Waals surface area contributed by atoms with Crippen molar-refractivity contribution in [2.45, 2.75) is 20.3 Å². The van der Waals surface area contributed by atoms with Crippen LogP contribution in [0.25, 0.3) is 0 Å². The van der Waals surface area contributed by atoms with Gasteiger partial charge in [-0.15, -0.1) is 0 Å². The Bertz CT molecular complexity index is 575. The molecule has 0 saturated heterocycles. The zero-order valence-electron chi connectivity index (χ0n) is 10.1. The van der Waals surface area contributed by atoms with Gasteiger partial charge in [-0.2, -0.15) is 9.37 Å². The summed E-state index contributed by atoms with van der Waals surface area (Å²) in [5, 5.41) is 0. The Hall–Kier alpha value is -1.49. The Morgan fingerprint density at radius 3 is 2.78 bits per heavy atom. The summed E-state index contributed by atoms with van der Waals surface area (Å²) in [7, 11) is 0. The van der Waals surface area contributed by atoms with Crippen LogP contribution < -0.4 is 4.74 Å². The van der Waals surface area contributed by atoms with E-state index in [9.17, 15) is 4.39 Å². The minimum atomic E-state index is -0.499. The van der Waals surface area contributed by atoms with E-state index < -0.39 is 5.82 Å². The normalized spacial score (nSPS) is 10.4. The molecule has 2 aromatic rings. The van der Waals surface area contributed by atoms with Gasteiger partial charge in [-0.3, -0.25) is 0 Å². The molecule has 0 unspecified atom stereocenters. The van der Waals surface area contributed by atoms with E-state index in [0.717, 1.165) is 10.0 Å². The molecule has 94 valence electrons. The van der Waals surface area contributed by atoms with Gasteiger partial charge >= 0.3 is 0 Å². The smallest absolute Gasteiger partial charge is 0.259 e. The maximum absolute atomic E-state index is 13.9. The average molecular weight is 311 g/mol. The number of halogens is 2. The van der Waals surface area contributed by atoms with Crippen LogP contribution in [0.15, 0.2) is 29.0 Å². The van der Waals surface area contributed by atoms with Gasteiger partial charge in [-0.05, 0) is 37.1 Å². The fourth-order valence-electron chi connectivity index (χ4n) is 1.50. The van der Waals surface area contributed by atoms with Crippen molar-refractivity contribution in [3.05, 3.63) is 46.1 Å². The number of ether oxygens (including phenoxy) is 1. The molecule has 0 fully saturated rings. The lowest BCUT2D eigenvalue weighted by atomic mass is 10.2. The minimum Gasteiger partial charge on any atom is -0.436 e. The van der Waals surface area contributed by atoms with Gasteiger partial charge in [0.1, 0.15) is 12.1 Å². The van der Waals surface area contributed by atoms with E-state index >= 15 is 0 Å². The van der Waals surface area contributed by atoms with Gasteiger partial charge in [-0.1, -0.05) is 22.9 Å². The van der Waals surface area contributed by atoms with Crippen molar-refractivity contribution in [1.82, 2.24) is 9.97 Å². The van der Waals surface area contributed by atoms with Crippen LogP contribution in [0.4, 0.5) is 4.39 Å². The van der Waals surface area contributed by atoms with Crippen molar-refractivity contribution in [2.24, 2.45) is 0 Å². The van der Waals surface area contributed by atoms with Gasteiger partial charge in [0.25, 0.3) is 5.88 Å². The highest BCUT2D eigenvalue weighted by atomic mass is 79.9. The third kappa shape index (κ3) is 2.67. The van der Waals surface area contributed by atoms with Crippen molar-refractivity contribution < 1.29 is 9.13 Å². The second-order valence-electron chi connectivity index (χ2n) is 3.81. The van der Waals surface area contributed by atoms with Gasteiger partial charge in [0, 0.05) is 4.47 Å². The summed E-state index contributed by atoms with van der Waals surface area (Å²) in [6.45, 7) is 3.77. The van der Waals surface area contributed by atoms with Crippen molar-refractivity contribution in [1.29, 1.82) is 0 Å². The first-order valence-electron chi connectivity index (χ1n) is 5.55. The van der Waals surface area contributed by atoms with E-state index in [1.807, 2.05) is 26.0 Å². The monoisotopic (exact) mass is 310 g/mol. The number of rotatable bonds is 3. The Kier molecular flexibility index (Phi) is 3.91. The first-order chi connectivity index (χ1) is 8.61. The predicted octanol–water partition coefficient (Wildman–Crippen LogP) is 4.04. The molecular formula is C13H12BrFN2O. The van der Waals surface area contributed by atoms with Gasteiger partial charge in [0.2, 0.25) is 5.82 Å². The SMILES string of the molecule is CCc1ncnc(Oc2ccc(Br)c(C)c2)c1F. The number of hydrogen-bond acceptors (Lipinski definition) is 3. The Balaban J connectivity index is 2.31. The molecule has 3 nitrogen and oxygen atoms in total. The maximum atomic E-state index is 13.9. The largest absolute Gasteiger partial charge is 0.436 e. The average Bonchev–Trinajstić information content (AvgIpc) is 2.36. The molecule has 1 aromatic heterocycles. The van der Waals surface area contributed by atoms with E-state index in [-0.39, 0.29) is 5.88 Å². The minimum absolute atomic E-state index is 0.0384. The molecule has 0 N–H and O–H groups in total.